The molecular formula is C23H26ClF3N2O4S. The maximum absolute atomic E-state index is 15.0. The molecule has 1 aliphatic rings. The molecule has 0 aromatic heterocycles. The van der Waals surface area contributed by atoms with Gasteiger partial charge in [0.25, 0.3) is 5.91 Å². The highest BCUT2D eigenvalue weighted by Gasteiger charge is 2.38. The molecule has 2 aromatic rings. The quantitative estimate of drug-likeness (QED) is 0.548. The van der Waals surface area contributed by atoms with Crippen molar-refractivity contribution in [1.29, 1.82) is 0 Å². The monoisotopic (exact) mass is 518 g/mol. The lowest BCUT2D eigenvalue weighted by molar-refractivity contribution is 0.0917. The molecule has 0 radical (unpaired) electrons. The second kappa shape index (κ2) is 11.1. The Morgan fingerprint density at radius 1 is 1.15 bits per heavy atom. The molecule has 1 fully saturated rings. The van der Waals surface area contributed by atoms with Crippen LogP contribution < -0.4 is 5.32 Å². The van der Waals surface area contributed by atoms with Crippen LogP contribution in [0.5, 0.6) is 0 Å². The van der Waals surface area contributed by atoms with E-state index in [4.69, 9.17) is 16.7 Å². The van der Waals surface area contributed by atoms with Crippen molar-refractivity contribution < 1.29 is 31.5 Å². The molecule has 2 aromatic carbocycles. The molecule has 186 valence electrons. The van der Waals surface area contributed by atoms with Crippen LogP contribution in [0.25, 0.3) is 0 Å². The average Bonchev–Trinajstić information content (AvgIpc) is 2.80. The number of rotatable bonds is 8. The molecule has 2 unspecified atom stereocenters. The normalized spacial score (nSPS) is 19.7. The Morgan fingerprint density at radius 3 is 2.41 bits per heavy atom. The van der Waals surface area contributed by atoms with Crippen LogP contribution in [0.4, 0.5) is 13.2 Å². The average molecular weight is 519 g/mol. The van der Waals surface area contributed by atoms with Gasteiger partial charge in [0, 0.05) is 23.2 Å². The lowest BCUT2D eigenvalue weighted by Gasteiger charge is -2.35. The van der Waals surface area contributed by atoms with E-state index in [1.807, 2.05) is 0 Å². The summed E-state index contributed by atoms with van der Waals surface area (Å²) in [6.45, 7) is 0.475. The summed E-state index contributed by atoms with van der Waals surface area (Å²) in [4.78, 5) is 12.0. The van der Waals surface area contributed by atoms with Gasteiger partial charge in [-0.05, 0) is 50.1 Å². The molecule has 0 spiro atoms. The number of nitrogens with zero attached hydrogens (tertiary/aromatic N) is 1. The van der Waals surface area contributed by atoms with Crippen LogP contribution in [0, 0.1) is 11.6 Å². The molecule has 11 heteroatoms. The molecule has 0 saturated heterocycles. The zero-order valence-corrected chi connectivity index (χ0v) is 20.1. The Morgan fingerprint density at radius 2 is 1.79 bits per heavy atom. The van der Waals surface area contributed by atoms with Crippen molar-refractivity contribution in [2.24, 2.45) is 0 Å². The Kier molecular flexibility index (Phi) is 8.62. The van der Waals surface area contributed by atoms with Gasteiger partial charge in [0.05, 0.1) is 23.1 Å². The molecule has 0 heterocycles. The summed E-state index contributed by atoms with van der Waals surface area (Å²) in [5.74, 6) is -3.78. The van der Waals surface area contributed by atoms with Crippen molar-refractivity contribution in [3.05, 3.63) is 64.2 Å². The summed E-state index contributed by atoms with van der Waals surface area (Å²) in [5.41, 5.74) is -0.922. The Balaban J connectivity index is 1.99. The third-order valence-electron chi connectivity index (χ3n) is 5.82. The summed E-state index contributed by atoms with van der Waals surface area (Å²) in [6, 6.07) is 5.71. The summed E-state index contributed by atoms with van der Waals surface area (Å²) < 4.78 is 72.3. The SMILES string of the molecule is C[C@H](CO)NC(=O)c1ccc(CN(C2CCCCC2F)S(=O)(=O)c2ccc(Cl)cc2)c(F)c1F. The first-order valence-corrected chi connectivity index (χ1v) is 12.7. The summed E-state index contributed by atoms with van der Waals surface area (Å²) in [5, 5.41) is 11.7. The number of halogens is 4. The number of aliphatic hydroxyl groups is 1. The van der Waals surface area contributed by atoms with E-state index in [1.165, 1.54) is 31.2 Å². The third kappa shape index (κ3) is 5.73. The number of benzene rings is 2. The summed E-state index contributed by atoms with van der Waals surface area (Å²) in [7, 11) is -4.29. The number of hydrogen-bond donors (Lipinski definition) is 2. The maximum atomic E-state index is 15.0. The lowest BCUT2D eigenvalue weighted by Crippen LogP contribution is -2.46. The highest BCUT2D eigenvalue weighted by atomic mass is 35.5. The van der Waals surface area contributed by atoms with Gasteiger partial charge in [-0.2, -0.15) is 4.31 Å². The van der Waals surface area contributed by atoms with Crippen molar-refractivity contribution >= 4 is 27.5 Å². The van der Waals surface area contributed by atoms with Gasteiger partial charge >= 0.3 is 0 Å². The Hall–Kier alpha value is -2.14. The van der Waals surface area contributed by atoms with Crippen molar-refractivity contribution in [3.8, 4) is 0 Å². The lowest BCUT2D eigenvalue weighted by atomic mass is 9.93. The minimum absolute atomic E-state index is 0.149. The van der Waals surface area contributed by atoms with Crippen LogP contribution in [0.3, 0.4) is 0 Å². The number of alkyl halides is 1. The van der Waals surface area contributed by atoms with E-state index in [-0.39, 0.29) is 23.3 Å². The molecular weight excluding hydrogens is 493 g/mol. The van der Waals surface area contributed by atoms with E-state index in [1.54, 1.807) is 0 Å². The molecule has 6 nitrogen and oxygen atoms in total. The Labute approximate surface area is 201 Å². The fourth-order valence-electron chi connectivity index (χ4n) is 3.91. The fourth-order valence-corrected chi connectivity index (χ4v) is 5.69. The van der Waals surface area contributed by atoms with Crippen LogP contribution in [0.2, 0.25) is 5.02 Å². The maximum Gasteiger partial charge on any atom is 0.254 e. The highest BCUT2D eigenvalue weighted by molar-refractivity contribution is 7.89. The first-order valence-electron chi connectivity index (χ1n) is 10.9. The highest BCUT2D eigenvalue weighted by Crippen LogP contribution is 2.32. The molecule has 3 rings (SSSR count). The van der Waals surface area contributed by atoms with E-state index in [2.05, 4.69) is 5.32 Å². The second-order valence-corrected chi connectivity index (χ2v) is 10.7. The zero-order chi connectivity index (χ0) is 25.0. The molecule has 1 aliphatic carbocycles. The largest absolute Gasteiger partial charge is 0.394 e. The van der Waals surface area contributed by atoms with Crippen LogP contribution in [0.1, 0.15) is 48.5 Å². The first kappa shape index (κ1) is 26.5. The van der Waals surface area contributed by atoms with Crippen LogP contribution in [-0.2, 0) is 16.6 Å². The molecule has 34 heavy (non-hydrogen) atoms. The number of carbonyl (C=O) groups excluding carboxylic acids is 1. The number of hydrogen-bond acceptors (Lipinski definition) is 4. The van der Waals surface area contributed by atoms with Crippen molar-refractivity contribution in [3.63, 3.8) is 0 Å². The smallest absolute Gasteiger partial charge is 0.254 e. The summed E-state index contributed by atoms with van der Waals surface area (Å²) >= 11 is 5.86. The molecule has 0 bridgehead atoms. The van der Waals surface area contributed by atoms with Crippen molar-refractivity contribution in [1.82, 2.24) is 9.62 Å². The first-order chi connectivity index (χ1) is 16.1. The minimum Gasteiger partial charge on any atom is -0.394 e. The van der Waals surface area contributed by atoms with Gasteiger partial charge in [-0.3, -0.25) is 4.79 Å². The van der Waals surface area contributed by atoms with Gasteiger partial charge < -0.3 is 10.4 Å². The standard InChI is InChI=1S/C23H26ClF3N2O4S/c1-14(13-30)28-23(31)18-11-6-15(21(26)22(18)27)12-29(20-5-3-2-4-19(20)25)34(32,33)17-9-7-16(24)8-10-17/h6-11,14,19-20,30H,2-5,12-13H2,1H3,(H,28,31)/t14-,19?,20?/m1/s1. The van der Waals surface area contributed by atoms with Gasteiger partial charge in [0.2, 0.25) is 10.0 Å². The van der Waals surface area contributed by atoms with E-state index >= 15 is 0 Å². The van der Waals surface area contributed by atoms with Crippen LogP contribution >= 0.6 is 11.6 Å². The molecule has 0 aliphatic heterocycles. The topological polar surface area (TPSA) is 86.7 Å². The predicted octanol–water partition coefficient (Wildman–Crippen LogP) is 4.20. The number of aliphatic hydroxyl groups excluding tert-OH is 1. The number of nitrogens with one attached hydrogen (secondary N) is 1. The van der Waals surface area contributed by atoms with E-state index in [0.717, 1.165) is 16.4 Å². The van der Waals surface area contributed by atoms with Gasteiger partial charge in [-0.15, -0.1) is 0 Å². The van der Waals surface area contributed by atoms with E-state index in [0.29, 0.717) is 17.9 Å². The molecule has 2 N–H and O–H groups in total. The third-order valence-corrected chi connectivity index (χ3v) is 7.96. The van der Waals surface area contributed by atoms with Crippen LogP contribution in [0.15, 0.2) is 41.3 Å². The fraction of sp³-hybridized carbons (Fsp3) is 0.435. The second-order valence-electron chi connectivity index (χ2n) is 8.33. The molecule has 1 amide bonds. The Bertz CT molecular complexity index is 1130. The number of carbonyl (C=O) groups is 1. The van der Waals surface area contributed by atoms with Crippen LogP contribution in [-0.4, -0.2) is 48.6 Å². The van der Waals surface area contributed by atoms with Gasteiger partial charge in [0.1, 0.15) is 6.17 Å². The summed E-state index contributed by atoms with van der Waals surface area (Å²) in [6.07, 6.45) is 0.129. The van der Waals surface area contributed by atoms with Gasteiger partial charge in [-0.25, -0.2) is 21.6 Å². The minimum atomic E-state index is -4.29. The van der Waals surface area contributed by atoms with E-state index < -0.39 is 64.5 Å². The zero-order valence-electron chi connectivity index (χ0n) is 18.5. The van der Waals surface area contributed by atoms with Gasteiger partial charge in [-0.1, -0.05) is 30.5 Å². The molecule has 1 saturated carbocycles. The number of amides is 1. The van der Waals surface area contributed by atoms with Crippen molar-refractivity contribution in [2.75, 3.05) is 6.61 Å². The number of sulfonamides is 1. The van der Waals surface area contributed by atoms with Crippen molar-refractivity contribution in [2.45, 2.75) is 62.3 Å². The predicted molar refractivity (Wildman–Crippen MR) is 122 cm³/mol. The van der Waals surface area contributed by atoms with E-state index in [9.17, 15) is 26.4 Å². The molecule has 3 atom stereocenters. The van der Waals surface area contributed by atoms with Gasteiger partial charge in [0.15, 0.2) is 11.6 Å².